The predicted molar refractivity (Wildman–Crippen MR) is 95.4 cm³/mol. The Hall–Kier alpha value is -2.36. The molecule has 0 aliphatic carbocycles. The Morgan fingerprint density at radius 1 is 1.22 bits per heavy atom. The molecule has 2 aromatic rings. The first-order valence-corrected chi connectivity index (χ1v) is 8.11. The SMILES string of the molecule is CCC(=O)N(Nc1ncccc1C)c1ccc(CC(C)C)cc1. The molecule has 0 radical (unpaired) electrons. The Kier molecular flexibility index (Phi) is 5.74. The van der Waals surface area contributed by atoms with E-state index in [0.29, 0.717) is 18.2 Å². The van der Waals surface area contributed by atoms with Crippen LogP contribution in [0.25, 0.3) is 0 Å². The van der Waals surface area contributed by atoms with E-state index in [2.05, 4.69) is 36.4 Å². The Morgan fingerprint density at radius 2 is 1.91 bits per heavy atom. The molecule has 0 bridgehead atoms. The standard InChI is InChI=1S/C19H25N3O/c1-5-18(23)22(21-19-15(4)7-6-12-20-19)17-10-8-16(9-11-17)13-14(2)3/h6-12,14H,5,13H2,1-4H3,(H,20,21). The maximum absolute atomic E-state index is 12.3. The second-order valence-electron chi connectivity index (χ2n) is 6.13. The second-order valence-corrected chi connectivity index (χ2v) is 6.13. The van der Waals surface area contributed by atoms with E-state index in [1.807, 2.05) is 38.1 Å². The molecule has 0 saturated heterocycles. The van der Waals surface area contributed by atoms with Gasteiger partial charge in [-0.15, -0.1) is 0 Å². The first kappa shape index (κ1) is 17.0. The minimum absolute atomic E-state index is 0.00617. The Labute approximate surface area is 138 Å². The highest BCUT2D eigenvalue weighted by Gasteiger charge is 2.15. The molecule has 4 nitrogen and oxygen atoms in total. The first-order valence-electron chi connectivity index (χ1n) is 8.11. The van der Waals surface area contributed by atoms with Gasteiger partial charge < -0.3 is 0 Å². The molecule has 23 heavy (non-hydrogen) atoms. The quantitative estimate of drug-likeness (QED) is 0.806. The fourth-order valence-corrected chi connectivity index (χ4v) is 2.39. The van der Waals surface area contributed by atoms with E-state index >= 15 is 0 Å². The van der Waals surface area contributed by atoms with Crippen molar-refractivity contribution in [2.75, 3.05) is 10.4 Å². The van der Waals surface area contributed by atoms with Crippen molar-refractivity contribution in [3.63, 3.8) is 0 Å². The average Bonchev–Trinajstić information content (AvgIpc) is 2.54. The molecule has 1 amide bonds. The van der Waals surface area contributed by atoms with Crippen molar-refractivity contribution in [1.29, 1.82) is 0 Å². The molecule has 2 rings (SSSR count). The molecule has 1 N–H and O–H groups in total. The number of aryl methyl sites for hydroxylation is 1. The van der Waals surface area contributed by atoms with E-state index < -0.39 is 0 Å². The minimum Gasteiger partial charge on any atom is -0.274 e. The van der Waals surface area contributed by atoms with Crippen LogP contribution in [0.15, 0.2) is 42.6 Å². The third-order valence-electron chi connectivity index (χ3n) is 3.62. The molecular formula is C19H25N3O. The summed E-state index contributed by atoms with van der Waals surface area (Å²) in [5.41, 5.74) is 6.25. The van der Waals surface area contributed by atoms with Crippen molar-refractivity contribution in [1.82, 2.24) is 4.98 Å². The summed E-state index contributed by atoms with van der Waals surface area (Å²) < 4.78 is 0. The van der Waals surface area contributed by atoms with Crippen LogP contribution in [-0.2, 0) is 11.2 Å². The van der Waals surface area contributed by atoms with Gasteiger partial charge in [-0.25, -0.2) is 9.99 Å². The number of rotatable bonds is 6. The molecule has 0 aliphatic rings. The van der Waals surface area contributed by atoms with Crippen LogP contribution in [0.4, 0.5) is 11.5 Å². The van der Waals surface area contributed by atoms with Crippen molar-refractivity contribution in [2.24, 2.45) is 5.92 Å². The van der Waals surface area contributed by atoms with Crippen molar-refractivity contribution in [3.05, 3.63) is 53.7 Å². The molecule has 1 heterocycles. The minimum atomic E-state index is 0.00617. The van der Waals surface area contributed by atoms with Gasteiger partial charge in [0.25, 0.3) is 0 Å². The van der Waals surface area contributed by atoms with Crippen LogP contribution in [0.2, 0.25) is 0 Å². The summed E-state index contributed by atoms with van der Waals surface area (Å²) in [5.74, 6) is 1.32. The maximum Gasteiger partial charge on any atom is 0.245 e. The predicted octanol–water partition coefficient (Wildman–Crippen LogP) is 4.36. The lowest BCUT2D eigenvalue weighted by molar-refractivity contribution is -0.118. The summed E-state index contributed by atoms with van der Waals surface area (Å²) >= 11 is 0. The number of hydrogen-bond donors (Lipinski definition) is 1. The van der Waals surface area contributed by atoms with Crippen LogP contribution < -0.4 is 10.4 Å². The van der Waals surface area contributed by atoms with Crippen LogP contribution in [0.5, 0.6) is 0 Å². The van der Waals surface area contributed by atoms with E-state index in [1.165, 1.54) is 5.56 Å². The molecule has 1 aromatic carbocycles. The lowest BCUT2D eigenvalue weighted by Gasteiger charge is -2.24. The Morgan fingerprint density at radius 3 is 2.48 bits per heavy atom. The molecule has 0 fully saturated rings. The van der Waals surface area contributed by atoms with Crippen molar-refractivity contribution in [2.45, 2.75) is 40.5 Å². The lowest BCUT2D eigenvalue weighted by atomic mass is 10.0. The van der Waals surface area contributed by atoms with E-state index in [9.17, 15) is 4.79 Å². The van der Waals surface area contributed by atoms with Gasteiger partial charge in [0.2, 0.25) is 5.91 Å². The normalized spacial score (nSPS) is 10.7. The fraction of sp³-hybridized carbons (Fsp3) is 0.368. The van der Waals surface area contributed by atoms with Crippen LogP contribution in [0, 0.1) is 12.8 Å². The number of pyridine rings is 1. The third kappa shape index (κ3) is 4.55. The highest BCUT2D eigenvalue weighted by molar-refractivity contribution is 5.95. The van der Waals surface area contributed by atoms with Crippen LogP contribution in [0.1, 0.15) is 38.3 Å². The van der Waals surface area contributed by atoms with Gasteiger partial charge in [0.1, 0.15) is 5.82 Å². The monoisotopic (exact) mass is 311 g/mol. The Bertz CT molecular complexity index is 650. The van der Waals surface area contributed by atoms with Gasteiger partial charge >= 0.3 is 0 Å². The highest BCUT2D eigenvalue weighted by Crippen LogP contribution is 2.20. The molecule has 0 unspecified atom stereocenters. The summed E-state index contributed by atoms with van der Waals surface area (Å²) in [6.07, 6.45) is 3.18. The molecule has 0 atom stereocenters. The van der Waals surface area contributed by atoms with Gasteiger partial charge in [-0.05, 0) is 48.6 Å². The summed E-state index contributed by atoms with van der Waals surface area (Å²) in [5, 5.41) is 1.58. The van der Waals surface area contributed by atoms with Gasteiger partial charge in [-0.2, -0.15) is 0 Å². The molecule has 0 spiro atoms. The molecular weight excluding hydrogens is 286 g/mol. The maximum atomic E-state index is 12.3. The van der Waals surface area contributed by atoms with E-state index in [0.717, 1.165) is 17.7 Å². The summed E-state index contributed by atoms with van der Waals surface area (Å²) in [6, 6.07) is 12.0. The number of nitrogens with zero attached hydrogens (tertiary/aromatic N) is 2. The largest absolute Gasteiger partial charge is 0.274 e. The zero-order valence-corrected chi connectivity index (χ0v) is 14.3. The van der Waals surface area contributed by atoms with E-state index in [4.69, 9.17) is 0 Å². The molecule has 1 aromatic heterocycles. The zero-order valence-electron chi connectivity index (χ0n) is 14.3. The fourth-order valence-electron chi connectivity index (χ4n) is 2.39. The lowest BCUT2D eigenvalue weighted by Crippen LogP contribution is -2.36. The molecule has 0 saturated carbocycles. The average molecular weight is 311 g/mol. The van der Waals surface area contributed by atoms with Crippen LogP contribution in [-0.4, -0.2) is 10.9 Å². The van der Waals surface area contributed by atoms with Gasteiger partial charge in [0.15, 0.2) is 0 Å². The van der Waals surface area contributed by atoms with Gasteiger partial charge in [0.05, 0.1) is 5.69 Å². The van der Waals surface area contributed by atoms with Crippen molar-refractivity contribution >= 4 is 17.4 Å². The number of nitrogens with one attached hydrogen (secondary N) is 1. The van der Waals surface area contributed by atoms with Crippen molar-refractivity contribution in [3.8, 4) is 0 Å². The third-order valence-corrected chi connectivity index (χ3v) is 3.62. The number of aromatic nitrogens is 1. The number of hydrogen-bond acceptors (Lipinski definition) is 3. The summed E-state index contributed by atoms with van der Waals surface area (Å²) in [6.45, 7) is 8.23. The summed E-state index contributed by atoms with van der Waals surface area (Å²) in [4.78, 5) is 16.6. The number of anilines is 2. The summed E-state index contributed by atoms with van der Waals surface area (Å²) in [7, 11) is 0. The van der Waals surface area contributed by atoms with E-state index in [1.54, 1.807) is 11.2 Å². The Balaban J connectivity index is 2.25. The van der Waals surface area contributed by atoms with Crippen LogP contribution in [0.3, 0.4) is 0 Å². The smallest absolute Gasteiger partial charge is 0.245 e. The topological polar surface area (TPSA) is 45.2 Å². The number of amides is 1. The number of carbonyl (C=O) groups is 1. The van der Waals surface area contributed by atoms with Crippen molar-refractivity contribution < 1.29 is 4.79 Å². The second kappa shape index (κ2) is 7.77. The van der Waals surface area contributed by atoms with Gasteiger partial charge in [-0.1, -0.05) is 39.0 Å². The molecule has 122 valence electrons. The number of carbonyl (C=O) groups excluding carboxylic acids is 1. The number of benzene rings is 1. The zero-order chi connectivity index (χ0) is 16.8. The molecule has 0 aliphatic heterocycles. The van der Waals surface area contributed by atoms with Crippen LogP contribution >= 0.6 is 0 Å². The van der Waals surface area contributed by atoms with Gasteiger partial charge in [-0.3, -0.25) is 10.2 Å². The molecule has 4 heteroatoms. The number of hydrazine groups is 1. The highest BCUT2D eigenvalue weighted by atomic mass is 16.2. The van der Waals surface area contributed by atoms with E-state index in [-0.39, 0.29) is 5.91 Å². The van der Waals surface area contributed by atoms with Gasteiger partial charge in [0, 0.05) is 12.6 Å². The first-order chi connectivity index (χ1) is 11.0.